The number of ether oxygens (including phenoxy) is 3. The molecule has 0 spiro atoms. The number of aliphatic carboxylic acids is 1. The zero-order valence-corrected chi connectivity index (χ0v) is 22.9. The molecular formula is C30H29F5N2O6. The quantitative estimate of drug-likeness (QED) is 0.0498. The first-order valence-corrected chi connectivity index (χ1v) is 12.9. The number of anilines is 2. The lowest BCUT2D eigenvalue weighted by atomic mass is 10.0. The standard InChI is InChI=1S/C30H29F5N2O6/c1-41-26-16-21(8-12-25(26)42-14-2-13-29(31,32)30(33,34)35)28(40)43-23-10-3-18(4-11-23)15-20(27(38)39)6-5-19-7-9-22(36)17-24(19)37/h3-4,7-12,15-17H,2,5-6,13-14,36-37H2,1H3,(H,38,39). The summed E-state index contributed by atoms with van der Waals surface area (Å²) in [5, 5.41) is 9.63. The summed E-state index contributed by atoms with van der Waals surface area (Å²) in [6, 6.07) is 15.0. The third kappa shape index (κ3) is 9.09. The van der Waals surface area contributed by atoms with Gasteiger partial charge in [-0.05, 0) is 78.9 Å². The highest BCUT2D eigenvalue weighted by Gasteiger charge is 2.56. The summed E-state index contributed by atoms with van der Waals surface area (Å²) >= 11 is 0. The normalized spacial score (nSPS) is 12.1. The summed E-state index contributed by atoms with van der Waals surface area (Å²) in [7, 11) is 1.26. The van der Waals surface area contributed by atoms with Gasteiger partial charge in [0.1, 0.15) is 5.75 Å². The van der Waals surface area contributed by atoms with Gasteiger partial charge in [-0.2, -0.15) is 22.0 Å². The molecule has 0 bridgehead atoms. The summed E-state index contributed by atoms with van der Waals surface area (Å²) in [4.78, 5) is 24.4. The third-order valence-electron chi connectivity index (χ3n) is 6.25. The number of alkyl halides is 5. The van der Waals surface area contributed by atoms with Crippen LogP contribution in [0, 0.1) is 0 Å². The molecule has 3 aromatic rings. The third-order valence-corrected chi connectivity index (χ3v) is 6.25. The van der Waals surface area contributed by atoms with Crippen molar-refractivity contribution in [2.75, 3.05) is 25.2 Å². The maximum Gasteiger partial charge on any atom is 0.453 e. The molecular weight excluding hydrogens is 579 g/mol. The van der Waals surface area contributed by atoms with E-state index >= 15 is 0 Å². The predicted octanol–water partition coefficient (Wildman–Crippen LogP) is 6.54. The molecule has 0 unspecified atom stereocenters. The van der Waals surface area contributed by atoms with Crippen LogP contribution in [0.25, 0.3) is 6.08 Å². The predicted molar refractivity (Wildman–Crippen MR) is 149 cm³/mol. The van der Waals surface area contributed by atoms with Crippen LogP contribution < -0.4 is 25.7 Å². The van der Waals surface area contributed by atoms with Crippen LogP contribution >= 0.6 is 0 Å². The minimum Gasteiger partial charge on any atom is -0.493 e. The fraction of sp³-hybridized carbons (Fsp3) is 0.267. The Hall–Kier alpha value is -4.81. The van der Waals surface area contributed by atoms with Crippen LogP contribution in [0.1, 0.15) is 40.7 Å². The van der Waals surface area contributed by atoms with E-state index in [9.17, 15) is 36.6 Å². The summed E-state index contributed by atoms with van der Waals surface area (Å²) < 4.78 is 78.8. The minimum absolute atomic E-state index is 0.0406. The van der Waals surface area contributed by atoms with Gasteiger partial charge in [0.05, 0.1) is 19.3 Å². The Morgan fingerprint density at radius 1 is 0.930 bits per heavy atom. The number of methoxy groups -OCH3 is 1. The molecule has 8 nitrogen and oxygen atoms in total. The van der Waals surface area contributed by atoms with Crippen LogP contribution in [-0.4, -0.2) is 42.9 Å². The van der Waals surface area contributed by atoms with Gasteiger partial charge in [0, 0.05) is 23.4 Å². The minimum atomic E-state index is -5.64. The molecule has 43 heavy (non-hydrogen) atoms. The van der Waals surface area contributed by atoms with Crippen molar-refractivity contribution in [3.8, 4) is 17.2 Å². The van der Waals surface area contributed by atoms with Gasteiger partial charge >= 0.3 is 24.0 Å². The summed E-state index contributed by atoms with van der Waals surface area (Å²) in [6.45, 7) is -0.439. The van der Waals surface area contributed by atoms with Gasteiger partial charge < -0.3 is 30.8 Å². The zero-order chi connectivity index (χ0) is 31.8. The van der Waals surface area contributed by atoms with E-state index in [4.69, 9.17) is 25.7 Å². The number of nitrogens with two attached hydrogens (primary N) is 2. The van der Waals surface area contributed by atoms with Gasteiger partial charge in [-0.25, -0.2) is 9.59 Å². The molecule has 230 valence electrons. The molecule has 0 saturated heterocycles. The Labute approximate surface area is 243 Å². The Morgan fingerprint density at radius 3 is 2.23 bits per heavy atom. The number of carbonyl (C=O) groups is 2. The SMILES string of the molecule is COc1cc(C(=O)Oc2ccc(C=C(CCc3ccc(N)cc3N)C(=O)O)cc2)ccc1OCCCC(F)(F)C(F)(F)F. The largest absolute Gasteiger partial charge is 0.493 e. The van der Waals surface area contributed by atoms with Gasteiger partial charge in [-0.1, -0.05) is 18.2 Å². The van der Waals surface area contributed by atoms with Crippen molar-refractivity contribution >= 4 is 29.4 Å². The number of carbonyl (C=O) groups excluding carboxylic acids is 1. The number of rotatable bonds is 13. The Morgan fingerprint density at radius 2 is 1.63 bits per heavy atom. The van der Waals surface area contributed by atoms with Crippen LogP contribution in [0.5, 0.6) is 17.2 Å². The van der Waals surface area contributed by atoms with Gasteiger partial charge in [-0.15, -0.1) is 0 Å². The maximum atomic E-state index is 13.1. The van der Waals surface area contributed by atoms with Crippen LogP contribution in [0.3, 0.4) is 0 Å². The average molecular weight is 609 g/mol. The molecule has 0 amide bonds. The highest BCUT2D eigenvalue weighted by atomic mass is 19.4. The lowest BCUT2D eigenvalue weighted by molar-refractivity contribution is -0.284. The van der Waals surface area contributed by atoms with Crippen LogP contribution in [0.15, 0.2) is 66.2 Å². The van der Waals surface area contributed by atoms with Gasteiger partial charge in [-0.3, -0.25) is 0 Å². The molecule has 0 aliphatic heterocycles. The highest BCUT2D eigenvalue weighted by molar-refractivity contribution is 5.93. The molecule has 0 radical (unpaired) electrons. The number of halogens is 5. The molecule has 0 aliphatic rings. The number of benzene rings is 3. The van der Waals surface area contributed by atoms with Gasteiger partial charge in [0.15, 0.2) is 11.5 Å². The topological polar surface area (TPSA) is 134 Å². The van der Waals surface area contributed by atoms with Crippen molar-refractivity contribution in [2.45, 2.75) is 37.8 Å². The molecule has 3 rings (SSSR count). The number of carboxylic acids is 1. The van der Waals surface area contributed by atoms with E-state index in [1.807, 2.05) is 0 Å². The zero-order valence-electron chi connectivity index (χ0n) is 22.9. The molecule has 3 aromatic carbocycles. The highest BCUT2D eigenvalue weighted by Crippen LogP contribution is 2.39. The van der Waals surface area contributed by atoms with Crippen molar-refractivity contribution in [1.29, 1.82) is 0 Å². The molecule has 5 N–H and O–H groups in total. The van der Waals surface area contributed by atoms with Crippen LogP contribution in [0.4, 0.5) is 33.3 Å². The van der Waals surface area contributed by atoms with Crippen molar-refractivity contribution < 1.29 is 50.9 Å². The fourth-order valence-electron chi connectivity index (χ4n) is 3.88. The molecule has 0 atom stereocenters. The number of aryl methyl sites for hydroxylation is 1. The van der Waals surface area contributed by atoms with Crippen LogP contribution in [0.2, 0.25) is 0 Å². The van der Waals surface area contributed by atoms with E-state index in [1.54, 1.807) is 30.3 Å². The van der Waals surface area contributed by atoms with Crippen molar-refractivity contribution in [3.05, 3.63) is 82.9 Å². The molecule has 13 heteroatoms. The van der Waals surface area contributed by atoms with E-state index in [2.05, 4.69) is 0 Å². The summed E-state index contributed by atoms with van der Waals surface area (Å²) in [5.41, 5.74) is 14.1. The molecule has 0 saturated carbocycles. The maximum absolute atomic E-state index is 13.1. The number of esters is 1. The second kappa shape index (κ2) is 13.9. The van der Waals surface area contributed by atoms with E-state index in [-0.39, 0.29) is 34.8 Å². The first-order chi connectivity index (χ1) is 20.2. The second-order valence-electron chi connectivity index (χ2n) is 9.41. The summed E-state index contributed by atoms with van der Waals surface area (Å²) in [6.07, 6.45) is -5.55. The smallest absolute Gasteiger partial charge is 0.453 e. The molecule has 0 fully saturated rings. The van der Waals surface area contributed by atoms with Crippen molar-refractivity contribution in [2.24, 2.45) is 0 Å². The summed E-state index contributed by atoms with van der Waals surface area (Å²) in [5.74, 6) is -6.44. The fourth-order valence-corrected chi connectivity index (χ4v) is 3.88. The van der Waals surface area contributed by atoms with E-state index in [0.717, 1.165) is 5.56 Å². The van der Waals surface area contributed by atoms with E-state index in [0.29, 0.717) is 23.4 Å². The van der Waals surface area contributed by atoms with Crippen LogP contribution in [-0.2, 0) is 11.2 Å². The Kier molecular flexibility index (Phi) is 10.6. The first-order valence-electron chi connectivity index (χ1n) is 12.9. The molecule has 0 heterocycles. The lowest BCUT2D eigenvalue weighted by Crippen LogP contribution is -2.36. The Balaban J connectivity index is 1.60. The Bertz CT molecular complexity index is 1470. The number of hydrogen-bond acceptors (Lipinski definition) is 7. The second-order valence-corrected chi connectivity index (χ2v) is 9.41. The number of nitrogen functional groups attached to an aromatic ring is 2. The molecule has 0 aliphatic carbocycles. The number of hydrogen-bond donors (Lipinski definition) is 3. The van der Waals surface area contributed by atoms with Crippen molar-refractivity contribution in [1.82, 2.24) is 0 Å². The van der Waals surface area contributed by atoms with Crippen molar-refractivity contribution in [3.63, 3.8) is 0 Å². The van der Waals surface area contributed by atoms with Gasteiger partial charge in [0.2, 0.25) is 0 Å². The van der Waals surface area contributed by atoms with Gasteiger partial charge in [0.25, 0.3) is 0 Å². The number of carboxylic acid groups (broad SMARTS) is 1. The van der Waals surface area contributed by atoms with E-state index < -0.39 is 43.5 Å². The monoisotopic (exact) mass is 608 g/mol. The van der Waals surface area contributed by atoms with E-state index in [1.165, 1.54) is 43.5 Å². The average Bonchev–Trinajstić information content (AvgIpc) is 2.94. The first kappa shape index (κ1) is 32.7. The molecule has 0 aromatic heterocycles. The lowest BCUT2D eigenvalue weighted by Gasteiger charge is -2.19.